The molecule has 0 spiro atoms. The second-order valence-corrected chi connectivity index (χ2v) is 9.30. The zero-order valence-electron chi connectivity index (χ0n) is 16.7. The summed E-state index contributed by atoms with van der Waals surface area (Å²) in [6.07, 6.45) is 7.91. The Morgan fingerprint density at radius 3 is 2.62 bits per heavy atom. The number of hydrogen-bond donors (Lipinski definition) is 1. The van der Waals surface area contributed by atoms with Gasteiger partial charge in [-0.3, -0.25) is 9.69 Å². The highest BCUT2D eigenvalue weighted by molar-refractivity contribution is 5.71. The van der Waals surface area contributed by atoms with Crippen LogP contribution < -0.4 is 5.32 Å². The molecular weight excluding hydrogens is 326 g/mol. The summed E-state index contributed by atoms with van der Waals surface area (Å²) in [5.74, 6) is 2.30. The van der Waals surface area contributed by atoms with Gasteiger partial charge in [-0.15, -0.1) is 0 Å². The maximum atomic E-state index is 12.2. The third-order valence-electron chi connectivity index (χ3n) is 7.72. The zero-order chi connectivity index (χ0) is 18.1. The van der Waals surface area contributed by atoms with Crippen molar-refractivity contribution >= 4 is 5.97 Å². The highest BCUT2D eigenvalue weighted by atomic mass is 16.5. The first-order chi connectivity index (χ1) is 12.6. The number of piperidine rings is 1. The second-order valence-electron chi connectivity index (χ2n) is 9.30. The molecule has 5 heteroatoms. The van der Waals surface area contributed by atoms with Crippen molar-refractivity contribution in [3.63, 3.8) is 0 Å². The molecule has 4 rings (SSSR count). The highest BCUT2D eigenvalue weighted by Gasteiger charge is 2.45. The number of ether oxygens (including phenoxy) is 1. The highest BCUT2D eigenvalue weighted by Crippen LogP contribution is 2.43. The maximum Gasteiger partial charge on any atom is 0.306 e. The van der Waals surface area contributed by atoms with Crippen LogP contribution in [0.5, 0.6) is 0 Å². The standard InChI is InChI=1S/C21H37N3O2/c1-15-6-7-18-17(13-20(25)26-21(18)16(15)2)14-23-9-11-24(12-10-23)19-5-3-4-8-22-19/h15-19,21-22H,3-14H2,1-2H3. The average molecular weight is 364 g/mol. The van der Waals surface area contributed by atoms with E-state index in [1.54, 1.807) is 0 Å². The van der Waals surface area contributed by atoms with Crippen molar-refractivity contribution in [2.75, 3.05) is 39.3 Å². The monoisotopic (exact) mass is 363 g/mol. The molecule has 4 aliphatic rings. The number of esters is 1. The van der Waals surface area contributed by atoms with Crippen LogP contribution in [0.15, 0.2) is 0 Å². The van der Waals surface area contributed by atoms with Crippen molar-refractivity contribution in [1.29, 1.82) is 0 Å². The first kappa shape index (κ1) is 18.7. The van der Waals surface area contributed by atoms with Gasteiger partial charge in [-0.05, 0) is 56.4 Å². The lowest BCUT2D eigenvalue weighted by Crippen LogP contribution is -2.57. The Labute approximate surface area is 158 Å². The van der Waals surface area contributed by atoms with E-state index >= 15 is 0 Å². The Balaban J connectivity index is 1.31. The van der Waals surface area contributed by atoms with Crippen LogP contribution in [0.1, 0.15) is 52.4 Å². The van der Waals surface area contributed by atoms with Crippen molar-refractivity contribution in [2.24, 2.45) is 23.7 Å². The summed E-state index contributed by atoms with van der Waals surface area (Å²) < 4.78 is 5.81. The van der Waals surface area contributed by atoms with Gasteiger partial charge in [0.1, 0.15) is 6.10 Å². The minimum atomic E-state index is 0.0437. The SMILES string of the molecule is CC1CCC2C(CN3CCN(C4CCCCN4)CC3)CC(=O)OC2C1C. The van der Waals surface area contributed by atoms with E-state index < -0.39 is 0 Å². The van der Waals surface area contributed by atoms with Crippen molar-refractivity contribution in [1.82, 2.24) is 15.1 Å². The van der Waals surface area contributed by atoms with Crippen molar-refractivity contribution in [3.8, 4) is 0 Å². The summed E-state index contributed by atoms with van der Waals surface area (Å²) in [7, 11) is 0. The van der Waals surface area contributed by atoms with E-state index in [1.807, 2.05) is 0 Å². The van der Waals surface area contributed by atoms with Gasteiger partial charge < -0.3 is 15.0 Å². The molecule has 6 unspecified atom stereocenters. The van der Waals surface area contributed by atoms with Crippen LogP contribution in [-0.2, 0) is 9.53 Å². The average Bonchev–Trinajstić information content (AvgIpc) is 2.66. The maximum absolute atomic E-state index is 12.2. The molecule has 148 valence electrons. The smallest absolute Gasteiger partial charge is 0.306 e. The number of nitrogens with zero attached hydrogens (tertiary/aromatic N) is 2. The molecule has 6 atom stereocenters. The Bertz CT molecular complexity index is 486. The Kier molecular flexibility index (Phi) is 5.87. The van der Waals surface area contributed by atoms with Crippen LogP contribution in [0.3, 0.4) is 0 Å². The van der Waals surface area contributed by atoms with Gasteiger partial charge in [-0.25, -0.2) is 0 Å². The zero-order valence-corrected chi connectivity index (χ0v) is 16.7. The summed E-state index contributed by atoms with van der Waals surface area (Å²) in [4.78, 5) is 17.5. The van der Waals surface area contributed by atoms with Gasteiger partial charge >= 0.3 is 5.97 Å². The number of fused-ring (bicyclic) bond motifs is 1. The fraction of sp³-hybridized carbons (Fsp3) is 0.952. The summed E-state index contributed by atoms with van der Waals surface area (Å²) >= 11 is 0. The topological polar surface area (TPSA) is 44.8 Å². The van der Waals surface area contributed by atoms with E-state index in [1.165, 1.54) is 38.6 Å². The van der Waals surface area contributed by atoms with Crippen molar-refractivity contribution < 1.29 is 9.53 Å². The lowest BCUT2D eigenvalue weighted by Gasteiger charge is -2.48. The number of nitrogens with one attached hydrogen (secondary N) is 1. The molecule has 4 fully saturated rings. The number of carbonyl (C=O) groups excluding carboxylic acids is 1. The normalized spacial score (nSPS) is 42.9. The minimum Gasteiger partial charge on any atom is -0.462 e. The van der Waals surface area contributed by atoms with Gasteiger partial charge in [-0.1, -0.05) is 13.8 Å². The number of hydrogen-bond acceptors (Lipinski definition) is 5. The summed E-state index contributed by atoms with van der Waals surface area (Å²) in [6.45, 7) is 11.5. The number of piperazine rings is 1. The van der Waals surface area contributed by atoms with E-state index in [0.29, 0.717) is 36.3 Å². The van der Waals surface area contributed by atoms with Crippen LogP contribution in [0.25, 0.3) is 0 Å². The molecule has 0 amide bonds. The number of rotatable bonds is 3. The third kappa shape index (κ3) is 3.95. The van der Waals surface area contributed by atoms with E-state index in [9.17, 15) is 4.79 Å². The molecule has 3 saturated heterocycles. The molecule has 3 aliphatic heterocycles. The molecule has 3 heterocycles. The predicted octanol–water partition coefficient (Wildman–Crippen LogP) is 2.32. The van der Waals surface area contributed by atoms with Crippen molar-refractivity contribution in [2.45, 2.75) is 64.6 Å². The van der Waals surface area contributed by atoms with E-state index in [0.717, 1.165) is 32.7 Å². The van der Waals surface area contributed by atoms with E-state index in [2.05, 4.69) is 29.0 Å². The minimum absolute atomic E-state index is 0.0437. The molecule has 0 aromatic heterocycles. The molecule has 0 aromatic carbocycles. The molecule has 0 radical (unpaired) electrons. The van der Waals surface area contributed by atoms with Gasteiger partial charge in [0.25, 0.3) is 0 Å². The lowest BCUT2D eigenvalue weighted by molar-refractivity contribution is -0.175. The molecule has 1 saturated carbocycles. The molecular formula is C21H37N3O2. The van der Waals surface area contributed by atoms with Gasteiger partial charge in [0.2, 0.25) is 0 Å². The van der Waals surface area contributed by atoms with Crippen LogP contribution in [0, 0.1) is 23.7 Å². The predicted molar refractivity (Wildman–Crippen MR) is 103 cm³/mol. The molecule has 1 aliphatic carbocycles. The molecule has 1 N–H and O–H groups in total. The molecule has 0 bridgehead atoms. The van der Waals surface area contributed by atoms with Gasteiger partial charge in [0, 0.05) is 45.1 Å². The fourth-order valence-corrected chi connectivity index (χ4v) is 5.79. The first-order valence-corrected chi connectivity index (χ1v) is 11.0. The second kappa shape index (κ2) is 8.15. The molecule has 0 aromatic rings. The Morgan fingerprint density at radius 2 is 1.88 bits per heavy atom. The first-order valence-electron chi connectivity index (χ1n) is 11.0. The third-order valence-corrected chi connectivity index (χ3v) is 7.72. The summed E-state index contributed by atoms with van der Waals surface area (Å²) in [5, 5.41) is 3.68. The van der Waals surface area contributed by atoms with Crippen LogP contribution >= 0.6 is 0 Å². The largest absolute Gasteiger partial charge is 0.462 e. The van der Waals surface area contributed by atoms with Gasteiger partial charge in [-0.2, -0.15) is 0 Å². The van der Waals surface area contributed by atoms with Gasteiger partial charge in [0.15, 0.2) is 0 Å². The van der Waals surface area contributed by atoms with Crippen LogP contribution in [0.2, 0.25) is 0 Å². The molecule has 26 heavy (non-hydrogen) atoms. The van der Waals surface area contributed by atoms with Crippen LogP contribution in [-0.4, -0.2) is 67.3 Å². The fourth-order valence-electron chi connectivity index (χ4n) is 5.79. The number of carbonyl (C=O) groups is 1. The summed E-state index contributed by atoms with van der Waals surface area (Å²) in [6, 6.07) is 0. The Morgan fingerprint density at radius 1 is 1.08 bits per heavy atom. The summed E-state index contributed by atoms with van der Waals surface area (Å²) in [5.41, 5.74) is 0. The van der Waals surface area contributed by atoms with E-state index in [-0.39, 0.29) is 12.1 Å². The van der Waals surface area contributed by atoms with Crippen molar-refractivity contribution in [3.05, 3.63) is 0 Å². The van der Waals surface area contributed by atoms with Gasteiger partial charge in [0.05, 0.1) is 6.17 Å². The Hall–Kier alpha value is -0.650. The molecule has 5 nitrogen and oxygen atoms in total. The lowest BCUT2D eigenvalue weighted by atomic mass is 9.67. The quantitative estimate of drug-likeness (QED) is 0.780. The van der Waals surface area contributed by atoms with Crippen LogP contribution in [0.4, 0.5) is 0 Å². The van der Waals surface area contributed by atoms with E-state index in [4.69, 9.17) is 4.74 Å².